The number of esters is 2. The molecule has 0 aromatic carbocycles. The maximum atomic E-state index is 11.5. The minimum absolute atomic E-state index is 0.0877. The first-order chi connectivity index (χ1) is 23.3. The average molecular weight is 845 g/mol. The van der Waals surface area contributed by atoms with E-state index in [-0.39, 0.29) is 26.4 Å². The number of rotatable bonds is 26. The van der Waals surface area contributed by atoms with Crippen molar-refractivity contribution in [3.63, 3.8) is 0 Å². The number of carbonyl (C=O) groups is 2. The van der Waals surface area contributed by atoms with E-state index in [2.05, 4.69) is 105 Å². The molecule has 0 aliphatic rings. The molecule has 0 amide bonds. The lowest BCUT2D eigenvalue weighted by Crippen LogP contribution is -2.52. The van der Waals surface area contributed by atoms with E-state index in [0.29, 0.717) is 24.4 Å². The molecule has 52 heavy (non-hydrogen) atoms. The number of aliphatic hydroxyl groups is 2. The molecule has 0 saturated carbocycles. The minimum atomic E-state index is -2.25. The zero-order chi connectivity index (χ0) is 41.2. The molecule has 0 aromatic rings. The Balaban J connectivity index is 0. The van der Waals surface area contributed by atoms with Crippen molar-refractivity contribution in [1.29, 1.82) is 0 Å². The molecule has 0 saturated heterocycles. The standard InChI is InChI=1S/2C17H38O6Si3/c1-15(2)17(19)21-14-16(18)13-20-11-10-12-26(9,22-24(3,4)5)23-25(6,7)8;1-15(2)17(19)21-16(13-18)14-20-11-10-12-26(9,22-24(3,4)5)23-25(6,7)8/h2*16,18H,1,10-14H2,2-9H3. The Hall–Kier alpha value is -0.599. The van der Waals surface area contributed by atoms with Crippen LogP contribution in [0, 0.1) is 0 Å². The summed E-state index contributed by atoms with van der Waals surface area (Å²) >= 11 is 0. The van der Waals surface area contributed by atoms with Gasteiger partial charge in [-0.3, -0.25) is 0 Å². The van der Waals surface area contributed by atoms with Crippen LogP contribution in [0.5, 0.6) is 0 Å². The van der Waals surface area contributed by atoms with E-state index in [4.69, 9.17) is 35.4 Å². The smallest absolute Gasteiger partial charge is 0.333 e. The molecule has 18 heteroatoms. The summed E-state index contributed by atoms with van der Waals surface area (Å²) in [5, 5.41) is 19.1. The summed E-state index contributed by atoms with van der Waals surface area (Å²) in [6.07, 6.45) is 0.123. The average Bonchev–Trinajstić information content (AvgIpc) is 2.90. The zero-order valence-corrected chi connectivity index (χ0v) is 41.6. The molecule has 0 aliphatic carbocycles. The van der Waals surface area contributed by atoms with Crippen molar-refractivity contribution in [3.8, 4) is 0 Å². The third-order valence-electron chi connectivity index (χ3n) is 6.12. The number of hydrogen-bond acceptors (Lipinski definition) is 12. The monoisotopic (exact) mass is 844 g/mol. The minimum Gasteiger partial charge on any atom is -0.460 e. The lowest BCUT2D eigenvalue weighted by Gasteiger charge is -2.38. The molecule has 0 rings (SSSR count). The molecule has 0 aromatic heterocycles. The van der Waals surface area contributed by atoms with Crippen molar-refractivity contribution in [2.45, 2.75) is 143 Å². The van der Waals surface area contributed by atoms with Crippen LogP contribution in [0.1, 0.15) is 26.7 Å². The molecular formula is C34H76O12Si6. The number of hydrogen-bond donors (Lipinski definition) is 2. The topological polar surface area (TPSA) is 148 Å². The van der Waals surface area contributed by atoms with Crippen LogP contribution in [-0.4, -0.2) is 124 Å². The first-order valence-corrected chi connectivity index (χ1v) is 36.9. The summed E-state index contributed by atoms with van der Waals surface area (Å²) in [7, 11) is -11.3. The Labute approximate surface area is 323 Å². The lowest BCUT2D eigenvalue weighted by molar-refractivity contribution is -0.149. The van der Waals surface area contributed by atoms with Crippen LogP contribution >= 0.6 is 0 Å². The molecule has 2 unspecified atom stereocenters. The van der Waals surface area contributed by atoms with E-state index in [1.165, 1.54) is 0 Å². The van der Waals surface area contributed by atoms with Gasteiger partial charge in [0.15, 0.2) is 33.3 Å². The third-order valence-corrected chi connectivity index (χ3v) is 25.4. The highest BCUT2D eigenvalue weighted by Gasteiger charge is 2.41. The van der Waals surface area contributed by atoms with Gasteiger partial charge < -0.3 is 45.6 Å². The van der Waals surface area contributed by atoms with E-state index in [1.807, 2.05) is 0 Å². The van der Waals surface area contributed by atoms with Gasteiger partial charge >= 0.3 is 29.1 Å². The molecule has 308 valence electrons. The van der Waals surface area contributed by atoms with Gasteiger partial charge in [-0.25, -0.2) is 9.59 Å². The lowest BCUT2D eigenvalue weighted by atomic mass is 10.3. The first kappa shape index (κ1) is 53.5. The number of carbonyl (C=O) groups excluding carboxylic acids is 2. The Morgan fingerprint density at radius 2 is 0.923 bits per heavy atom. The maximum Gasteiger partial charge on any atom is 0.333 e. The third kappa shape index (κ3) is 31.7. The largest absolute Gasteiger partial charge is 0.460 e. The van der Waals surface area contributed by atoms with Gasteiger partial charge in [0.2, 0.25) is 0 Å². The highest BCUT2D eigenvalue weighted by atomic mass is 28.5. The van der Waals surface area contributed by atoms with E-state index >= 15 is 0 Å². The fraction of sp³-hybridized carbons (Fsp3) is 0.824. The quantitative estimate of drug-likeness (QED) is 0.0390. The number of ether oxygens (including phenoxy) is 4. The fourth-order valence-electron chi connectivity index (χ4n) is 4.98. The number of aliphatic hydroxyl groups excluding tert-OH is 2. The van der Waals surface area contributed by atoms with Crippen molar-refractivity contribution in [2.24, 2.45) is 0 Å². The van der Waals surface area contributed by atoms with Crippen LogP contribution in [0.25, 0.3) is 0 Å². The Morgan fingerprint density at radius 1 is 0.577 bits per heavy atom. The summed E-state index contributed by atoms with van der Waals surface area (Å²) in [4.78, 5) is 22.8. The Kier molecular flexibility index (Phi) is 24.8. The second-order valence-corrected chi connectivity index (χ2v) is 43.2. The van der Waals surface area contributed by atoms with Crippen LogP contribution in [0.4, 0.5) is 0 Å². The summed E-state index contributed by atoms with van der Waals surface area (Å²) in [5.41, 5.74) is 0.615. The highest BCUT2D eigenvalue weighted by Crippen LogP contribution is 2.26. The van der Waals surface area contributed by atoms with Gasteiger partial charge in [-0.2, -0.15) is 0 Å². The van der Waals surface area contributed by atoms with Crippen molar-refractivity contribution in [1.82, 2.24) is 0 Å². The molecule has 2 atom stereocenters. The van der Waals surface area contributed by atoms with Crippen molar-refractivity contribution in [2.75, 3.05) is 39.6 Å². The van der Waals surface area contributed by atoms with Gasteiger partial charge in [-0.15, -0.1) is 0 Å². The SMILES string of the molecule is C=C(C)C(=O)OC(CO)COCCC[Si](C)(O[Si](C)(C)C)O[Si](C)(C)C.C=C(C)C(=O)OCC(O)COCCC[Si](C)(O[Si](C)(C)C)O[Si](C)(C)C. The summed E-state index contributed by atoms with van der Waals surface area (Å²) in [6.45, 7) is 41.6. The van der Waals surface area contributed by atoms with E-state index in [0.717, 1.165) is 24.9 Å². The predicted molar refractivity (Wildman–Crippen MR) is 225 cm³/mol. The van der Waals surface area contributed by atoms with Crippen LogP contribution in [0.15, 0.2) is 24.3 Å². The summed E-state index contributed by atoms with van der Waals surface area (Å²) in [5.74, 6) is -1.02. The van der Waals surface area contributed by atoms with E-state index in [9.17, 15) is 19.8 Å². The maximum absolute atomic E-state index is 11.5. The Morgan fingerprint density at radius 3 is 1.23 bits per heavy atom. The van der Waals surface area contributed by atoms with Crippen molar-refractivity contribution >= 4 is 62.3 Å². The molecule has 0 heterocycles. The molecule has 0 radical (unpaired) electrons. The van der Waals surface area contributed by atoms with Crippen LogP contribution in [0.3, 0.4) is 0 Å². The Bertz CT molecular complexity index is 1050. The first-order valence-electron chi connectivity index (χ1n) is 18.3. The van der Waals surface area contributed by atoms with Gasteiger partial charge in [0.05, 0.1) is 19.8 Å². The highest BCUT2D eigenvalue weighted by molar-refractivity contribution is 6.88. The van der Waals surface area contributed by atoms with Crippen molar-refractivity contribution < 1.29 is 55.2 Å². The normalized spacial score (nSPS) is 14.2. The van der Waals surface area contributed by atoms with Gasteiger partial charge in [-0.1, -0.05) is 13.2 Å². The molecular weight excluding hydrogens is 769 g/mol. The molecule has 2 N–H and O–H groups in total. The molecule has 0 bridgehead atoms. The summed E-state index contributed by atoms with van der Waals surface area (Å²) < 4.78 is 46.9. The van der Waals surface area contributed by atoms with E-state index in [1.54, 1.807) is 13.8 Å². The van der Waals surface area contributed by atoms with Gasteiger partial charge in [0, 0.05) is 24.4 Å². The second kappa shape index (κ2) is 24.1. The molecule has 0 fully saturated rings. The molecule has 0 aliphatic heterocycles. The van der Waals surface area contributed by atoms with Crippen LogP contribution in [-0.2, 0) is 45.0 Å². The molecule has 0 spiro atoms. The second-order valence-electron chi connectivity index (χ2n) is 17.5. The van der Waals surface area contributed by atoms with Crippen LogP contribution < -0.4 is 0 Å². The van der Waals surface area contributed by atoms with E-state index < -0.39 is 74.5 Å². The summed E-state index contributed by atoms with van der Waals surface area (Å²) in [6, 6.07) is 1.72. The van der Waals surface area contributed by atoms with Gasteiger partial charge in [0.25, 0.3) is 0 Å². The fourth-order valence-corrected chi connectivity index (χ4v) is 30.0. The van der Waals surface area contributed by atoms with Crippen LogP contribution in [0.2, 0.25) is 104 Å². The van der Waals surface area contributed by atoms with Crippen molar-refractivity contribution in [3.05, 3.63) is 24.3 Å². The zero-order valence-electron chi connectivity index (χ0n) is 35.6. The van der Waals surface area contributed by atoms with Gasteiger partial charge in [0.1, 0.15) is 18.8 Å². The van der Waals surface area contributed by atoms with Gasteiger partial charge in [-0.05, 0) is 130 Å². The predicted octanol–water partition coefficient (Wildman–Crippen LogP) is 7.30. The molecule has 12 nitrogen and oxygen atoms in total.